The van der Waals surface area contributed by atoms with Gasteiger partial charge in [-0.3, -0.25) is 50.0 Å². The smallest absolute Gasteiger partial charge is 0.338 e. The minimum absolute atomic E-state index is 0.0154. The number of aliphatic carboxylic acids is 2. The highest BCUT2D eigenvalue weighted by atomic mass is 16.4. The molecule has 1 fully saturated rings. The van der Waals surface area contributed by atoms with Gasteiger partial charge >= 0.3 is 17.9 Å². The lowest BCUT2D eigenvalue weighted by molar-refractivity contribution is -0.459. The second-order valence-electron chi connectivity index (χ2n) is 16.3. The number of carbonyl (C=O) groups excluding carboxylic acids is 6. The summed E-state index contributed by atoms with van der Waals surface area (Å²) >= 11 is 0. The molecule has 1 aromatic heterocycles. The maximum absolute atomic E-state index is 14.4. The number of imidazole rings is 1. The molecule has 0 bridgehead atoms. The van der Waals surface area contributed by atoms with E-state index in [2.05, 4.69) is 47.3 Å². The quantitative estimate of drug-likeness (QED) is 0.0253. The van der Waals surface area contributed by atoms with Gasteiger partial charge in [0, 0.05) is 31.3 Å². The highest BCUT2D eigenvalue weighted by Gasteiger charge is 2.40. The molecule has 2 heterocycles. The molecular formula is C41H64N12O11+2. The van der Waals surface area contributed by atoms with Crippen molar-refractivity contribution in [1.82, 2.24) is 41.5 Å². The molecule has 6 amide bonds. The van der Waals surface area contributed by atoms with Crippen molar-refractivity contribution in [3.8, 4) is 5.75 Å². The van der Waals surface area contributed by atoms with E-state index in [0.29, 0.717) is 24.1 Å². The Bertz CT molecular complexity index is 1960. The molecule has 0 radical (unpaired) electrons. The van der Waals surface area contributed by atoms with Crippen molar-refractivity contribution in [3.05, 3.63) is 48.0 Å². The maximum atomic E-state index is 14.4. The van der Waals surface area contributed by atoms with Gasteiger partial charge in [0.05, 0.1) is 12.9 Å². The van der Waals surface area contributed by atoms with Crippen LogP contribution in [0.4, 0.5) is 0 Å². The third-order valence-electron chi connectivity index (χ3n) is 10.9. The fourth-order valence-corrected chi connectivity index (χ4v) is 7.05. The number of phenolic OH excluding ortho intramolecular Hbond substituents is 1. The van der Waals surface area contributed by atoms with Crippen molar-refractivity contribution >= 4 is 53.3 Å². The molecule has 3 rings (SSSR count). The van der Waals surface area contributed by atoms with E-state index in [1.54, 1.807) is 27.7 Å². The van der Waals surface area contributed by atoms with E-state index in [0.717, 1.165) is 0 Å². The molecular weight excluding hydrogens is 837 g/mol. The zero-order chi connectivity index (χ0) is 47.7. The first-order chi connectivity index (χ1) is 30.2. The van der Waals surface area contributed by atoms with Crippen LogP contribution >= 0.6 is 0 Å². The molecule has 0 saturated carbocycles. The van der Waals surface area contributed by atoms with E-state index in [1.165, 1.54) is 41.7 Å². The van der Waals surface area contributed by atoms with Gasteiger partial charge in [-0.2, -0.15) is 0 Å². The Morgan fingerprint density at radius 3 is 2.05 bits per heavy atom. The van der Waals surface area contributed by atoms with Crippen molar-refractivity contribution in [2.24, 2.45) is 23.3 Å². The average molecular weight is 901 g/mol. The Labute approximate surface area is 370 Å². The number of nitrogens with zero attached hydrogens (tertiary/aromatic N) is 2. The van der Waals surface area contributed by atoms with Gasteiger partial charge < -0.3 is 57.5 Å². The Morgan fingerprint density at radius 2 is 1.47 bits per heavy atom. The number of carbonyl (C=O) groups is 8. The summed E-state index contributed by atoms with van der Waals surface area (Å²) in [5.74, 6) is -8.23. The van der Waals surface area contributed by atoms with Gasteiger partial charge in [-0.15, -0.1) is 0 Å². The lowest BCUT2D eigenvalue weighted by Gasteiger charge is -2.31. The summed E-state index contributed by atoms with van der Waals surface area (Å²) in [6, 6.07) is -2.87. The van der Waals surface area contributed by atoms with Crippen LogP contribution in [0.3, 0.4) is 0 Å². The number of carboxylic acids is 2. The molecule has 1 aromatic carbocycles. The molecule has 1 saturated heterocycles. The number of nitrogens with two attached hydrogens (primary N) is 2. The van der Waals surface area contributed by atoms with Gasteiger partial charge in [0.1, 0.15) is 48.4 Å². The van der Waals surface area contributed by atoms with Crippen LogP contribution < -0.4 is 48.8 Å². The Morgan fingerprint density at radius 1 is 0.859 bits per heavy atom. The molecule has 352 valence electrons. The molecule has 8 atom stereocenters. The molecule has 1 aliphatic heterocycles. The number of hydrogen-bond donors (Lipinski definition) is 13. The third-order valence-corrected chi connectivity index (χ3v) is 10.9. The number of amides is 6. The molecule has 17 N–H and O–H groups in total. The molecule has 0 spiro atoms. The highest BCUT2D eigenvalue weighted by Crippen LogP contribution is 2.20. The van der Waals surface area contributed by atoms with Crippen LogP contribution in [0.25, 0.3) is 0 Å². The van der Waals surface area contributed by atoms with E-state index in [1.807, 2.05) is 0 Å². The first-order valence-corrected chi connectivity index (χ1v) is 21.2. The van der Waals surface area contributed by atoms with Crippen LogP contribution in [-0.2, 0) is 51.2 Å². The maximum Gasteiger partial charge on any atom is 0.338 e. The van der Waals surface area contributed by atoms with Gasteiger partial charge in [0.15, 0.2) is 6.04 Å². The first kappa shape index (κ1) is 51.6. The predicted molar refractivity (Wildman–Crippen MR) is 228 cm³/mol. The number of benzene rings is 1. The van der Waals surface area contributed by atoms with Crippen LogP contribution in [0.5, 0.6) is 5.75 Å². The van der Waals surface area contributed by atoms with Crippen LogP contribution in [0.1, 0.15) is 77.5 Å². The normalized spacial score (nSPS) is 16.8. The van der Waals surface area contributed by atoms with E-state index >= 15 is 0 Å². The number of H-pyrrole nitrogens is 1. The number of likely N-dealkylation sites (tertiary alicyclic amines) is 1. The van der Waals surface area contributed by atoms with Crippen LogP contribution in [0, 0.1) is 11.8 Å². The van der Waals surface area contributed by atoms with E-state index < -0.39 is 108 Å². The van der Waals surface area contributed by atoms with Crippen molar-refractivity contribution in [2.45, 2.75) is 121 Å². The molecule has 1 aliphatic rings. The van der Waals surface area contributed by atoms with Gasteiger partial charge in [-0.25, -0.2) is 9.78 Å². The molecule has 0 unspecified atom stereocenters. The lowest BCUT2D eigenvalue weighted by atomic mass is 9.96. The van der Waals surface area contributed by atoms with E-state index in [9.17, 15) is 48.6 Å². The average Bonchev–Trinajstić information content (AvgIpc) is 3.95. The van der Waals surface area contributed by atoms with Gasteiger partial charge in [0.25, 0.3) is 5.91 Å². The Kier molecular flexibility index (Phi) is 19.9. The number of aromatic nitrogens is 2. The summed E-state index contributed by atoms with van der Waals surface area (Å²) in [5.41, 5.74) is 15.5. The number of guanidine groups is 1. The number of phenols is 1. The second kappa shape index (κ2) is 24.8. The minimum Gasteiger partial charge on any atom is -0.508 e. The van der Waals surface area contributed by atoms with Crippen molar-refractivity contribution in [2.75, 3.05) is 13.1 Å². The molecule has 23 nitrogen and oxygen atoms in total. The van der Waals surface area contributed by atoms with Gasteiger partial charge in [-0.1, -0.05) is 46.2 Å². The molecule has 2 aromatic rings. The van der Waals surface area contributed by atoms with Crippen molar-refractivity contribution in [1.29, 1.82) is 0 Å². The van der Waals surface area contributed by atoms with Gasteiger partial charge in [-0.05, 0) is 55.2 Å². The summed E-state index contributed by atoms with van der Waals surface area (Å²) in [4.78, 5) is 117. The van der Waals surface area contributed by atoms with Crippen LogP contribution in [0.2, 0.25) is 0 Å². The fourth-order valence-electron chi connectivity index (χ4n) is 7.05. The van der Waals surface area contributed by atoms with Crippen LogP contribution in [-0.4, -0.2) is 139 Å². The summed E-state index contributed by atoms with van der Waals surface area (Å²) in [6.07, 6.45) is 3.43. The van der Waals surface area contributed by atoms with E-state index in [-0.39, 0.29) is 56.9 Å². The summed E-state index contributed by atoms with van der Waals surface area (Å²) < 4.78 is 0. The lowest BCUT2D eigenvalue weighted by Crippen LogP contribution is -2.78. The van der Waals surface area contributed by atoms with Crippen molar-refractivity contribution < 1.29 is 64.4 Å². The van der Waals surface area contributed by atoms with E-state index in [4.69, 9.17) is 16.6 Å². The topological polar surface area (TPSA) is 383 Å². The zero-order valence-corrected chi connectivity index (χ0v) is 36.6. The van der Waals surface area contributed by atoms with Crippen molar-refractivity contribution in [3.63, 3.8) is 0 Å². The number of quaternary nitrogens is 1. The highest BCUT2D eigenvalue weighted by molar-refractivity contribution is 5.97. The minimum atomic E-state index is -1.37. The first-order valence-electron chi connectivity index (χ1n) is 21.2. The number of aromatic hydroxyl groups is 1. The molecule has 23 heteroatoms. The summed E-state index contributed by atoms with van der Waals surface area (Å²) in [6.45, 7) is 7.17. The fraction of sp³-hybridized carbons (Fsp3) is 0.561. The summed E-state index contributed by atoms with van der Waals surface area (Å²) in [5, 5.41) is 42.2. The Hall–Kier alpha value is -6.78. The standard InChI is InChI=1S/C41H62N12O11/c1-5-22(4)33(38(61)50-29(17-24-19-45-20-47-24)39(62)53-15-7-9-30(53)40(63)64)52-36(59)28(16-23-10-12-25(54)13-11-23)49-37(60)32(21(2)3)51-35(58)27(8-6-14-46-41(43)44)48-34(57)26(42)18-31(55)56/h10-13,19-22,26-30,32-33,54H,5-9,14-18,42H2,1-4H3,(H,45,47)(H,48,57)(H,49,60)(H,50,61)(H,51,58)(H,52,59)(H,55,56)(H,63,64)(H4,43,44,46)/p+2/t22-,26-,27-,28-,29-,30-,32-,33-/m0/s1. The van der Waals surface area contributed by atoms with Gasteiger partial charge in [0.2, 0.25) is 29.5 Å². The monoisotopic (exact) mass is 900 g/mol. The zero-order valence-electron chi connectivity index (χ0n) is 36.6. The Balaban J connectivity index is 1.91. The number of carboxylic acid groups (broad SMARTS) is 2. The largest absolute Gasteiger partial charge is 0.508 e. The predicted octanol–water partition coefficient (Wildman–Crippen LogP) is -4.68. The number of nitrogens with one attached hydrogen (secondary N) is 7. The number of rotatable bonds is 25. The second-order valence-corrected chi connectivity index (χ2v) is 16.3. The third kappa shape index (κ3) is 15.8. The van der Waals surface area contributed by atoms with Crippen LogP contribution in [0.15, 0.2) is 36.8 Å². The molecule has 0 aliphatic carbocycles. The number of aromatic amines is 1. The summed E-state index contributed by atoms with van der Waals surface area (Å²) in [7, 11) is 0. The number of hydrogen-bond acceptors (Lipinski definition) is 10. The molecule has 64 heavy (non-hydrogen) atoms. The SMILES string of the molecule is CC[C@H](C)[C@H](NC(=O)[C@H](Cc1ccc(O)cc1)NC(=O)[C@@H](NC(=O)[C@H](CCC[NH+]=C(N)N)NC(=O)[C@@H]([NH3+])CC(=O)O)C(C)C)C(=O)N[C@@H](Cc1cnc[nH]1)C(=O)N1CCC[C@H]1C(=O)O.